The van der Waals surface area contributed by atoms with Gasteiger partial charge >= 0.3 is 0 Å². The molecule has 19 heavy (non-hydrogen) atoms. The molecule has 2 heterocycles. The SMILES string of the molecule is CNC1CCN(Cc2csc3ccccc23)CC1.Cl. The van der Waals surface area contributed by atoms with Crippen LogP contribution in [0.2, 0.25) is 0 Å². The molecule has 0 atom stereocenters. The van der Waals surface area contributed by atoms with Crippen molar-refractivity contribution in [3.05, 3.63) is 35.2 Å². The smallest absolute Gasteiger partial charge is 0.0346 e. The maximum Gasteiger partial charge on any atom is 0.0346 e. The van der Waals surface area contributed by atoms with Gasteiger partial charge in [-0.2, -0.15) is 0 Å². The van der Waals surface area contributed by atoms with Crippen LogP contribution in [0.25, 0.3) is 10.1 Å². The van der Waals surface area contributed by atoms with Gasteiger partial charge in [0.05, 0.1) is 0 Å². The molecular weight excluding hydrogens is 276 g/mol. The standard InChI is InChI=1S/C15H20N2S.ClH/c1-16-13-6-8-17(9-7-13)10-12-11-18-15-5-3-2-4-14(12)15;/h2-5,11,13,16H,6-10H2,1H3;1H. The van der Waals surface area contributed by atoms with E-state index in [0.29, 0.717) is 0 Å². The topological polar surface area (TPSA) is 15.3 Å². The molecule has 2 nitrogen and oxygen atoms in total. The number of thiophene rings is 1. The van der Waals surface area contributed by atoms with Crippen LogP contribution in [0.15, 0.2) is 29.6 Å². The summed E-state index contributed by atoms with van der Waals surface area (Å²) in [4.78, 5) is 2.59. The third kappa shape index (κ3) is 3.29. The molecule has 1 aromatic heterocycles. The van der Waals surface area contributed by atoms with E-state index in [1.807, 2.05) is 11.3 Å². The molecule has 1 aromatic carbocycles. The third-order valence-electron chi connectivity index (χ3n) is 3.95. The molecule has 4 heteroatoms. The molecule has 1 N–H and O–H groups in total. The van der Waals surface area contributed by atoms with Gasteiger partial charge < -0.3 is 5.32 Å². The van der Waals surface area contributed by atoms with E-state index >= 15 is 0 Å². The van der Waals surface area contributed by atoms with Crippen molar-refractivity contribution in [2.75, 3.05) is 20.1 Å². The quantitative estimate of drug-likeness (QED) is 0.932. The highest BCUT2D eigenvalue weighted by molar-refractivity contribution is 7.17. The van der Waals surface area contributed by atoms with Crippen LogP contribution in [0, 0.1) is 0 Å². The first-order chi connectivity index (χ1) is 8.86. The fourth-order valence-corrected chi connectivity index (χ4v) is 3.73. The fraction of sp³-hybridized carbons (Fsp3) is 0.467. The number of nitrogens with zero attached hydrogens (tertiary/aromatic N) is 1. The van der Waals surface area contributed by atoms with Crippen LogP contribution in [0.1, 0.15) is 18.4 Å². The minimum absolute atomic E-state index is 0. The monoisotopic (exact) mass is 296 g/mol. The molecule has 0 unspecified atom stereocenters. The first-order valence-electron chi connectivity index (χ1n) is 6.71. The van der Waals surface area contributed by atoms with Crippen molar-refractivity contribution in [2.45, 2.75) is 25.4 Å². The average Bonchev–Trinajstić information content (AvgIpc) is 2.83. The Morgan fingerprint density at radius 3 is 2.74 bits per heavy atom. The van der Waals surface area contributed by atoms with Crippen LogP contribution < -0.4 is 5.32 Å². The zero-order chi connectivity index (χ0) is 12.4. The molecular formula is C15H21ClN2S. The highest BCUT2D eigenvalue weighted by atomic mass is 35.5. The summed E-state index contributed by atoms with van der Waals surface area (Å²) in [7, 11) is 2.08. The Balaban J connectivity index is 0.00000133. The molecule has 104 valence electrons. The van der Waals surface area contributed by atoms with Gasteiger partial charge in [0.15, 0.2) is 0 Å². The number of rotatable bonds is 3. The molecule has 1 saturated heterocycles. The minimum atomic E-state index is 0. The zero-order valence-corrected chi connectivity index (χ0v) is 12.9. The van der Waals surface area contributed by atoms with Gasteiger partial charge in [0.1, 0.15) is 0 Å². The van der Waals surface area contributed by atoms with Crippen LogP contribution >= 0.6 is 23.7 Å². The number of hydrogen-bond acceptors (Lipinski definition) is 3. The Labute approximate surface area is 125 Å². The molecule has 0 saturated carbocycles. The van der Waals surface area contributed by atoms with Crippen LogP contribution in [-0.4, -0.2) is 31.1 Å². The third-order valence-corrected chi connectivity index (χ3v) is 4.96. The van der Waals surface area contributed by atoms with Crippen molar-refractivity contribution >= 4 is 33.8 Å². The van der Waals surface area contributed by atoms with Gasteiger partial charge in [0.25, 0.3) is 0 Å². The molecule has 1 fully saturated rings. The lowest BCUT2D eigenvalue weighted by Crippen LogP contribution is -2.40. The summed E-state index contributed by atoms with van der Waals surface area (Å²) in [6.07, 6.45) is 2.55. The highest BCUT2D eigenvalue weighted by Gasteiger charge is 2.18. The Morgan fingerprint density at radius 1 is 1.26 bits per heavy atom. The zero-order valence-electron chi connectivity index (χ0n) is 11.3. The molecule has 0 bridgehead atoms. The van der Waals surface area contributed by atoms with E-state index < -0.39 is 0 Å². The molecule has 3 rings (SSSR count). The van der Waals surface area contributed by atoms with Gasteiger partial charge in [-0.05, 0) is 55.4 Å². The highest BCUT2D eigenvalue weighted by Crippen LogP contribution is 2.27. The number of nitrogens with one attached hydrogen (secondary N) is 1. The van der Waals surface area contributed by atoms with Crippen molar-refractivity contribution in [2.24, 2.45) is 0 Å². The molecule has 0 aliphatic carbocycles. The largest absolute Gasteiger partial charge is 0.317 e. The number of halogens is 1. The summed E-state index contributed by atoms with van der Waals surface area (Å²) in [6.45, 7) is 3.55. The van der Waals surface area contributed by atoms with Gasteiger partial charge in [0, 0.05) is 17.3 Å². The van der Waals surface area contributed by atoms with Gasteiger partial charge in [0.2, 0.25) is 0 Å². The Morgan fingerprint density at radius 2 is 2.00 bits per heavy atom. The first-order valence-corrected chi connectivity index (χ1v) is 7.59. The molecule has 0 radical (unpaired) electrons. The van der Waals surface area contributed by atoms with E-state index in [1.165, 1.54) is 41.6 Å². The summed E-state index contributed by atoms with van der Waals surface area (Å²) >= 11 is 1.87. The first kappa shape index (κ1) is 14.8. The lowest BCUT2D eigenvalue weighted by atomic mass is 10.0. The number of hydrogen-bond donors (Lipinski definition) is 1. The van der Waals surface area contributed by atoms with Gasteiger partial charge in [-0.15, -0.1) is 23.7 Å². The molecule has 1 aliphatic heterocycles. The van der Waals surface area contributed by atoms with Crippen LogP contribution in [-0.2, 0) is 6.54 Å². The van der Waals surface area contributed by atoms with E-state index in [-0.39, 0.29) is 12.4 Å². The normalized spacial score (nSPS) is 17.5. The second kappa shape index (κ2) is 6.71. The summed E-state index contributed by atoms with van der Waals surface area (Å²) in [5.74, 6) is 0. The predicted octanol–water partition coefficient (Wildman–Crippen LogP) is 3.51. The van der Waals surface area contributed by atoms with E-state index in [1.54, 1.807) is 0 Å². The molecule has 2 aromatic rings. The number of piperidine rings is 1. The van der Waals surface area contributed by atoms with Crippen molar-refractivity contribution in [1.29, 1.82) is 0 Å². The number of benzene rings is 1. The molecule has 0 spiro atoms. The second-order valence-corrected chi connectivity index (χ2v) is 6.01. The fourth-order valence-electron chi connectivity index (χ4n) is 2.78. The van der Waals surface area contributed by atoms with E-state index in [4.69, 9.17) is 0 Å². The van der Waals surface area contributed by atoms with Gasteiger partial charge in [-0.3, -0.25) is 4.90 Å². The number of fused-ring (bicyclic) bond motifs is 1. The van der Waals surface area contributed by atoms with Crippen LogP contribution in [0.5, 0.6) is 0 Å². The number of likely N-dealkylation sites (tertiary alicyclic amines) is 1. The minimum Gasteiger partial charge on any atom is -0.317 e. The summed E-state index contributed by atoms with van der Waals surface area (Å²) in [5, 5.41) is 7.16. The molecule has 1 aliphatic rings. The lowest BCUT2D eigenvalue weighted by Gasteiger charge is -2.31. The lowest BCUT2D eigenvalue weighted by molar-refractivity contribution is 0.195. The summed E-state index contributed by atoms with van der Waals surface area (Å²) in [6, 6.07) is 9.46. The average molecular weight is 297 g/mol. The maximum absolute atomic E-state index is 3.39. The summed E-state index contributed by atoms with van der Waals surface area (Å²) < 4.78 is 1.41. The molecule has 0 amide bonds. The predicted molar refractivity (Wildman–Crippen MR) is 86.4 cm³/mol. The Hall–Kier alpha value is -0.610. The Kier molecular flexibility index (Phi) is 5.22. The van der Waals surface area contributed by atoms with Crippen molar-refractivity contribution in [3.8, 4) is 0 Å². The van der Waals surface area contributed by atoms with E-state index in [2.05, 4.69) is 46.9 Å². The van der Waals surface area contributed by atoms with Gasteiger partial charge in [-0.25, -0.2) is 0 Å². The van der Waals surface area contributed by atoms with Crippen molar-refractivity contribution < 1.29 is 0 Å². The van der Waals surface area contributed by atoms with E-state index in [0.717, 1.165) is 12.6 Å². The van der Waals surface area contributed by atoms with E-state index in [9.17, 15) is 0 Å². The van der Waals surface area contributed by atoms with Crippen molar-refractivity contribution in [3.63, 3.8) is 0 Å². The summed E-state index contributed by atoms with van der Waals surface area (Å²) in [5.41, 5.74) is 1.50. The van der Waals surface area contributed by atoms with Gasteiger partial charge in [-0.1, -0.05) is 18.2 Å². The Bertz CT molecular complexity index is 518. The maximum atomic E-state index is 3.39. The second-order valence-electron chi connectivity index (χ2n) is 5.10. The van der Waals surface area contributed by atoms with Crippen LogP contribution in [0.3, 0.4) is 0 Å². The van der Waals surface area contributed by atoms with Crippen LogP contribution in [0.4, 0.5) is 0 Å². The van der Waals surface area contributed by atoms with Crippen molar-refractivity contribution in [1.82, 2.24) is 10.2 Å².